The molecule has 0 atom stereocenters. The van der Waals surface area contributed by atoms with Crippen molar-refractivity contribution in [2.24, 2.45) is 0 Å². The maximum Gasteiger partial charge on any atom is 0.268 e. The van der Waals surface area contributed by atoms with Crippen LogP contribution in [0.25, 0.3) is 11.1 Å². The Morgan fingerprint density at radius 1 is 0.757 bits per heavy atom. The van der Waals surface area contributed by atoms with Crippen molar-refractivity contribution in [1.29, 1.82) is 10.5 Å². The Labute approximate surface area is 214 Å². The molecular weight excluding hydrogens is 468 g/mol. The lowest BCUT2D eigenvalue weighted by atomic mass is 9.96. The number of benzene rings is 3. The van der Waals surface area contributed by atoms with Gasteiger partial charge in [0, 0.05) is 12.0 Å². The first-order valence-electron chi connectivity index (χ1n) is 11.6. The van der Waals surface area contributed by atoms with Crippen molar-refractivity contribution >= 4 is 5.82 Å². The molecule has 4 rings (SSSR count). The fourth-order valence-corrected chi connectivity index (χ4v) is 3.69. The zero-order chi connectivity index (χ0) is 26.0. The van der Waals surface area contributed by atoms with Crippen LogP contribution in [0, 0.1) is 22.7 Å². The minimum Gasteiger partial charge on any atom is -0.493 e. The van der Waals surface area contributed by atoms with E-state index < -0.39 is 5.56 Å². The van der Waals surface area contributed by atoms with Crippen molar-refractivity contribution in [2.45, 2.75) is 13.0 Å². The van der Waals surface area contributed by atoms with Gasteiger partial charge in [-0.1, -0.05) is 42.5 Å². The van der Waals surface area contributed by atoms with Crippen LogP contribution < -0.4 is 25.5 Å². The third kappa shape index (κ3) is 6.27. The summed E-state index contributed by atoms with van der Waals surface area (Å²) in [4.78, 5) is 14.5. The molecule has 0 saturated heterocycles. The summed E-state index contributed by atoms with van der Waals surface area (Å²) in [5.41, 5.74) is 6.81. The third-order valence-electron chi connectivity index (χ3n) is 5.49. The summed E-state index contributed by atoms with van der Waals surface area (Å²) in [6.07, 6.45) is 0.626. The summed E-state index contributed by atoms with van der Waals surface area (Å²) in [6.45, 7) is 1.34. The minimum atomic E-state index is -0.645. The van der Waals surface area contributed by atoms with E-state index in [2.05, 4.69) is 4.98 Å². The Morgan fingerprint density at radius 2 is 1.41 bits per heavy atom. The lowest BCUT2D eigenvalue weighted by Crippen LogP contribution is -2.16. The highest BCUT2D eigenvalue weighted by Gasteiger charge is 2.18. The molecule has 0 radical (unpaired) electrons. The molecule has 0 unspecified atom stereocenters. The lowest BCUT2D eigenvalue weighted by Gasteiger charge is -2.12. The molecule has 0 bridgehead atoms. The Morgan fingerprint density at radius 3 is 2.08 bits per heavy atom. The van der Waals surface area contributed by atoms with E-state index in [0.717, 1.165) is 17.1 Å². The number of nitrogens with two attached hydrogens (primary N) is 1. The predicted molar refractivity (Wildman–Crippen MR) is 139 cm³/mol. The molecule has 8 heteroatoms. The summed E-state index contributed by atoms with van der Waals surface area (Å²) < 4.78 is 17.4. The summed E-state index contributed by atoms with van der Waals surface area (Å²) >= 11 is 0. The van der Waals surface area contributed by atoms with Crippen molar-refractivity contribution < 1.29 is 14.2 Å². The van der Waals surface area contributed by atoms with E-state index in [4.69, 9.17) is 19.9 Å². The Hall–Kier alpha value is -5.21. The van der Waals surface area contributed by atoms with Crippen LogP contribution >= 0.6 is 0 Å². The van der Waals surface area contributed by atoms with Gasteiger partial charge in [-0.3, -0.25) is 4.79 Å². The summed E-state index contributed by atoms with van der Waals surface area (Å²) in [5.74, 6) is 1.94. The van der Waals surface area contributed by atoms with E-state index in [-0.39, 0.29) is 22.5 Å². The second-order valence-corrected chi connectivity index (χ2v) is 8.04. The zero-order valence-corrected chi connectivity index (χ0v) is 19.9. The van der Waals surface area contributed by atoms with E-state index in [9.17, 15) is 15.3 Å². The zero-order valence-electron chi connectivity index (χ0n) is 19.9. The largest absolute Gasteiger partial charge is 0.493 e. The Kier molecular flexibility index (Phi) is 8.05. The number of hydrogen-bond donors (Lipinski definition) is 2. The number of H-pyrrole nitrogens is 1. The topological polar surface area (TPSA) is 134 Å². The molecule has 1 aromatic heterocycles. The van der Waals surface area contributed by atoms with Crippen LogP contribution in [0.2, 0.25) is 0 Å². The van der Waals surface area contributed by atoms with Gasteiger partial charge in [0.15, 0.2) is 0 Å². The highest BCUT2D eigenvalue weighted by atomic mass is 16.5. The predicted octanol–water partition coefficient (Wildman–Crippen LogP) is 4.79. The molecule has 0 aliphatic heterocycles. The fraction of sp³-hybridized carbons (Fsp3) is 0.138. The van der Waals surface area contributed by atoms with Crippen LogP contribution in [0.4, 0.5) is 5.82 Å². The second kappa shape index (κ2) is 12.0. The first-order chi connectivity index (χ1) is 18.1. The third-order valence-corrected chi connectivity index (χ3v) is 5.49. The van der Waals surface area contributed by atoms with E-state index in [1.165, 1.54) is 0 Å². The van der Waals surface area contributed by atoms with Crippen LogP contribution in [0.3, 0.4) is 0 Å². The number of aromatic amines is 1. The Bertz CT molecular complexity index is 1500. The highest BCUT2D eigenvalue weighted by Crippen LogP contribution is 2.30. The molecule has 0 aliphatic carbocycles. The van der Waals surface area contributed by atoms with Crippen LogP contribution in [0.15, 0.2) is 83.7 Å². The minimum absolute atomic E-state index is 0.0400. The van der Waals surface area contributed by atoms with Gasteiger partial charge in [0.05, 0.1) is 13.2 Å². The molecule has 0 spiro atoms. The number of anilines is 1. The van der Waals surface area contributed by atoms with E-state index >= 15 is 0 Å². The molecule has 0 aliphatic rings. The summed E-state index contributed by atoms with van der Waals surface area (Å²) in [7, 11) is 0. The number of nitriles is 2. The van der Waals surface area contributed by atoms with Crippen LogP contribution in [-0.2, 0) is 6.61 Å². The molecular formula is C29H24N4O4. The number of ether oxygens (including phenoxy) is 3. The number of rotatable bonds is 10. The SMILES string of the molecule is N#Cc1c(N)[nH]c(=O)c(C#N)c1-c1cccc(OCCCOc2ccc(OCc3ccccc3)cc2)c1. The van der Waals surface area contributed by atoms with Gasteiger partial charge in [-0.15, -0.1) is 0 Å². The van der Waals surface area contributed by atoms with Crippen molar-refractivity contribution in [3.05, 3.63) is 106 Å². The molecule has 4 aromatic rings. The van der Waals surface area contributed by atoms with Crippen molar-refractivity contribution in [2.75, 3.05) is 18.9 Å². The van der Waals surface area contributed by atoms with Crippen molar-refractivity contribution in [1.82, 2.24) is 4.98 Å². The second-order valence-electron chi connectivity index (χ2n) is 8.04. The van der Waals surface area contributed by atoms with Crippen LogP contribution in [0.1, 0.15) is 23.1 Å². The molecule has 184 valence electrons. The maximum absolute atomic E-state index is 12.2. The van der Waals surface area contributed by atoms with E-state index in [1.54, 1.807) is 24.3 Å². The van der Waals surface area contributed by atoms with Gasteiger partial charge in [-0.2, -0.15) is 10.5 Å². The molecule has 37 heavy (non-hydrogen) atoms. The highest BCUT2D eigenvalue weighted by molar-refractivity contribution is 5.80. The lowest BCUT2D eigenvalue weighted by molar-refractivity contribution is 0.247. The normalized spacial score (nSPS) is 10.2. The van der Waals surface area contributed by atoms with E-state index in [1.807, 2.05) is 66.7 Å². The molecule has 0 fully saturated rings. The van der Waals surface area contributed by atoms with Gasteiger partial charge < -0.3 is 24.9 Å². The number of hydrogen-bond acceptors (Lipinski definition) is 7. The van der Waals surface area contributed by atoms with Crippen molar-refractivity contribution in [3.63, 3.8) is 0 Å². The number of nitrogens with zero attached hydrogens (tertiary/aromatic N) is 2. The van der Waals surface area contributed by atoms with Gasteiger partial charge in [-0.05, 0) is 47.5 Å². The first kappa shape index (κ1) is 24.9. The van der Waals surface area contributed by atoms with Crippen LogP contribution in [0.5, 0.6) is 17.2 Å². The standard InChI is InChI=1S/C29H24N4O4/c30-17-25-27(26(18-31)29(34)33-28(25)32)21-8-4-9-24(16-21)36-15-5-14-35-22-10-12-23(13-11-22)37-19-20-6-2-1-3-7-20/h1-4,6-13,16H,5,14-15,19H2,(H3,32,33,34). The summed E-state index contributed by atoms with van der Waals surface area (Å²) in [6, 6.07) is 28.1. The van der Waals surface area contributed by atoms with Crippen LogP contribution in [-0.4, -0.2) is 18.2 Å². The van der Waals surface area contributed by atoms with Crippen molar-refractivity contribution in [3.8, 4) is 40.5 Å². The average Bonchev–Trinajstić information content (AvgIpc) is 2.93. The number of pyridine rings is 1. The first-order valence-corrected chi connectivity index (χ1v) is 11.6. The monoisotopic (exact) mass is 492 g/mol. The maximum atomic E-state index is 12.2. The van der Waals surface area contributed by atoms with Gasteiger partial charge in [0.1, 0.15) is 52.9 Å². The van der Waals surface area contributed by atoms with E-state index in [0.29, 0.717) is 37.6 Å². The molecule has 8 nitrogen and oxygen atoms in total. The quantitative estimate of drug-likeness (QED) is 0.304. The number of aromatic nitrogens is 1. The molecule has 0 saturated carbocycles. The molecule has 3 N–H and O–H groups in total. The molecule has 0 amide bonds. The number of nitrogen functional groups attached to an aromatic ring is 1. The van der Waals surface area contributed by atoms with Gasteiger partial charge >= 0.3 is 0 Å². The fourth-order valence-electron chi connectivity index (χ4n) is 3.69. The molecule has 1 heterocycles. The number of nitrogens with one attached hydrogen (secondary N) is 1. The van der Waals surface area contributed by atoms with Gasteiger partial charge in [0.25, 0.3) is 5.56 Å². The average molecular weight is 493 g/mol. The summed E-state index contributed by atoms with van der Waals surface area (Å²) in [5, 5.41) is 19.0. The molecule has 3 aromatic carbocycles. The van der Waals surface area contributed by atoms with Gasteiger partial charge in [0.2, 0.25) is 0 Å². The smallest absolute Gasteiger partial charge is 0.268 e. The Balaban J connectivity index is 1.29. The van der Waals surface area contributed by atoms with Gasteiger partial charge in [-0.25, -0.2) is 0 Å².